The first-order valence-corrected chi connectivity index (χ1v) is 9.34. The lowest BCUT2D eigenvalue weighted by Gasteiger charge is -2.17. The second-order valence-electron chi connectivity index (χ2n) is 7.74. The Kier molecular flexibility index (Phi) is 4.86. The first-order chi connectivity index (χ1) is 12.1. The summed E-state index contributed by atoms with van der Waals surface area (Å²) in [5.41, 5.74) is 0.348. The number of aromatic nitrogens is 1. The molecule has 0 saturated heterocycles. The summed E-state index contributed by atoms with van der Waals surface area (Å²) in [6.45, 7) is 8.97. The average Bonchev–Trinajstić information content (AvgIpc) is 3.31. The van der Waals surface area contributed by atoms with Crippen molar-refractivity contribution >= 4 is 17.2 Å². The van der Waals surface area contributed by atoms with Crippen molar-refractivity contribution in [3.05, 3.63) is 50.5 Å². The minimum Gasteiger partial charge on any atom is -0.320 e. The van der Waals surface area contributed by atoms with Crippen LogP contribution < -0.4 is 4.80 Å². The van der Waals surface area contributed by atoms with Gasteiger partial charge in [0.1, 0.15) is 0 Å². The first-order valence-electron chi connectivity index (χ1n) is 8.53. The van der Waals surface area contributed by atoms with Crippen LogP contribution in [0.5, 0.6) is 0 Å². The van der Waals surface area contributed by atoms with Crippen LogP contribution in [0.4, 0.5) is 13.2 Å². The van der Waals surface area contributed by atoms with Crippen molar-refractivity contribution in [2.45, 2.75) is 52.5 Å². The van der Waals surface area contributed by atoms with Crippen molar-refractivity contribution in [3.63, 3.8) is 0 Å². The van der Waals surface area contributed by atoms with Crippen molar-refractivity contribution in [2.75, 3.05) is 0 Å². The predicted octanol–water partition coefficient (Wildman–Crippen LogP) is 4.72. The zero-order valence-electron chi connectivity index (χ0n) is 15.2. The molecule has 1 fully saturated rings. The molecule has 0 radical (unpaired) electrons. The van der Waals surface area contributed by atoms with E-state index < -0.39 is 28.9 Å². The van der Waals surface area contributed by atoms with Crippen LogP contribution in [0.3, 0.4) is 0 Å². The van der Waals surface area contributed by atoms with Gasteiger partial charge in [-0.3, -0.25) is 4.79 Å². The first kappa shape index (κ1) is 18.9. The van der Waals surface area contributed by atoms with Gasteiger partial charge in [0.25, 0.3) is 5.91 Å². The van der Waals surface area contributed by atoms with Crippen LogP contribution >= 0.6 is 11.3 Å². The van der Waals surface area contributed by atoms with Gasteiger partial charge in [-0.2, -0.15) is 4.99 Å². The Labute approximate surface area is 154 Å². The molecule has 1 heterocycles. The van der Waals surface area contributed by atoms with E-state index in [2.05, 4.69) is 25.8 Å². The summed E-state index contributed by atoms with van der Waals surface area (Å²) < 4.78 is 42.4. The predicted molar refractivity (Wildman–Crippen MR) is 94.7 cm³/mol. The Bertz CT molecular complexity index is 933. The van der Waals surface area contributed by atoms with E-state index >= 15 is 0 Å². The standard InChI is InChI=1S/C19H21F3N2OS/c1-10-16(19(2,3)4)26-18(24(10)9-11-5-6-11)23-17(25)12-7-8-13(20)15(22)14(12)21/h7-8,11H,5-6,9H2,1-4H3/b23-18-. The van der Waals surface area contributed by atoms with Crippen LogP contribution in [0.15, 0.2) is 17.1 Å². The number of hydrogen-bond acceptors (Lipinski definition) is 2. The third-order valence-electron chi connectivity index (χ3n) is 4.44. The van der Waals surface area contributed by atoms with Gasteiger partial charge >= 0.3 is 0 Å². The van der Waals surface area contributed by atoms with Gasteiger partial charge in [0.15, 0.2) is 22.3 Å². The molecule has 0 aliphatic heterocycles. The second kappa shape index (κ2) is 6.68. The molecule has 3 nitrogen and oxygen atoms in total. The molecule has 0 N–H and O–H groups in total. The van der Waals surface area contributed by atoms with Gasteiger partial charge in [0, 0.05) is 17.1 Å². The zero-order chi connectivity index (χ0) is 19.2. The number of hydrogen-bond donors (Lipinski definition) is 0. The molecule has 1 aliphatic carbocycles. The molecule has 1 aromatic carbocycles. The number of rotatable bonds is 3. The minimum atomic E-state index is -1.66. The second-order valence-corrected chi connectivity index (χ2v) is 8.72. The molecule has 0 atom stereocenters. The average molecular weight is 382 g/mol. The van der Waals surface area contributed by atoms with E-state index in [0.717, 1.165) is 42.1 Å². The molecular weight excluding hydrogens is 361 g/mol. The van der Waals surface area contributed by atoms with Crippen LogP contribution in [-0.4, -0.2) is 10.5 Å². The van der Waals surface area contributed by atoms with Gasteiger partial charge in [0.05, 0.1) is 5.56 Å². The summed E-state index contributed by atoms with van der Waals surface area (Å²) in [6, 6.07) is 1.66. The summed E-state index contributed by atoms with van der Waals surface area (Å²) in [6.07, 6.45) is 2.27. The van der Waals surface area contributed by atoms with E-state index in [4.69, 9.17) is 0 Å². The van der Waals surface area contributed by atoms with Gasteiger partial charge in [-0.05, 0) is 43.2 Å². The number of carbonyl (C=O) groups excluding carboxylic acids is 1. The summed E-state index contributed by atoms with van der Waals surface area (Å²) in [4.78, 5) is 18.0. The molecular formula is C19H21F3N2OS. The fourth-order valence-corrected chi connectivity index (χ4v) is 4.07. The highest BCUT2D eigenvalue weighted by atomic mass is 32.1. The maximum absolute atomic E-state index is 13.9. The molecule has 1 aromatic heterocycles. The third kappa shape index (κ3) is 3.63. The monoisotopic (exact) mass is 382 g/mol. The van der Waals surface area contributed by atoms with E-state index in [9.17, 15) is 18.0 Å². The van der Waals surface area contributed by atoms with Crippen molar-refractivity contribution in [3.8, 4) is 0 Å². The smallest absolute Gasteiger partial charge is 0.282 e. The highest BCUT2D eigenvalue weighted by molar-refractivity contribution is 7.09. The lowest BCUT2D eigenvalue weighted by molar-refractivity contribution is 0.0992. The Morgan fingerprint density at radius 1 is 1.23 bits per heavy atom. The van der Waals surface area contributed by atoms with E-state index in [1.54, 1.807) is 0 Å². The fourth-order valence-electron chi connectivity index (χ4n) is 2.88. The van der Waals surface area contributed by atoms with Gasteiger partial charge in [0.2, 0.25) is 0 Å². The molecule has 2 aromatic rings. The quantitative estimate of drug-likeness (QED) is 0.707. The van der Waals surface area contributed by atoms with Crippen LogP contribution in [0.1, 0.15) is 54.5 Å². The summed E-state index contributed by atoms with van der Waals surface area (Å²) >= 11 is 1.38. The Morgan fingerprint density at radius 2 is 1.88 bits per heavy atom. The SMILES string of the molecule is Cc1c(C(C)(C)C)s/c(=N\C(=O)c2ccc(F)c(F)c2F)n1CC1CC1. The third-order valence-corrected chi connectivity index (χ3v) is 6.05. The molecule has 3 rings (SSSR count). The van der Waals surface area contributed by atoms with Crippen LogP contribution in [0.25, 0.3) is 0 Å². The Morgan fingerprint density at radius 3 is 2.46 bits per heavy atom. The fraction of sp³-hybridized carbons (Fsp3) is 0.474. The van der Waals surface area contributed by atoms with E-state index in [-0.39, 0.29) is 5.41 Å². The number of carbonyl (C=O) groups is 1. The topological polar surface area (TPSA) is 34.4 Å². The molecule has 0 bridgehead atoms. The van der Waals surface area contributed by atoms with Crippen molar-refractivity contribution < 1.29 is 18.0 Å². The van der Waals surface area contributed by atoms with Crippen LogP contribution in [0.2, 0.25) is 0 Å². The molecule has 7 heteroatoms. The van der Waals surface area contributed by atoms with Crippen LogP contribution in [0, 0.1) is 30.3 Å². The molecule has 1 saturated carbocycles. The zero-order valence-corrected chi connectivity index (χ0v) is 16.0. The molecule has 0 spiro atoms. The van der Waals surface area contributed by atoms with Gasteiger partial charge in [-0.25, -0.2) is 13.2 Å². The lowest BCUT2D eigenvalue weighted by atomic mass is 9.93. The molecule has 1 aliphatic rings. The van der Waals surface area contributed by atoms with E-state index in [1.165, 1.54) is 11.3 Å². The lowest BCUT2D eigenvalue weighted by Crippen LogP contribution is -2.20. The maximum Gasteiger partial charge on any atom is 0.282 e. The Hall–Kier alpha value is -1.89. The highest BCUT2D eigenvalue weighted by Gasteiger charge is 2.27. The summed E-state index contributed by atoms with van der Waals surface area (Å²) in [7, 11) is 0. The largest absolute Gasteiger partial charge is 0.320 e. The molecule has 26 heavy (non-hydrogen) atoms. The van der Waals surface area contributed by atoms with Gasteiger partial charge in [-0.1, -0.05) is 20.8 Å². The molecule has 0 unspecified atom stereocenters. The van der Waals surface area contributed by atoms with E-state index in [0.29, 0.717) is 10.7 Å². The Balaban J connectivity index is 2.10. The number of benzene rings is 1. The normalized spacial score (nSPS) is 15.6. The van der Waals surface area contributed by atoms with Crippen LogP contribution in [-0.2, 0) is 12.0 Å². The summed E-state index contributed by atoms with van der Waals surface area (Å²) in [5, 5.41) is 0. The minimum absolute atomic E-state index is 0.121. The van der Waals surface area contributed by atoms with Crippen molar-refractivity contribution in [2.24, 2.45) is 10.9 Å². The molecule has 140 valence electrons. The van der Waals surface area contributed by atoms with Gasteiger partial charge < -0.3 is 4.57 Å². The maximum atomic E-state index is 13.9. The molecule has 1 amide bonds. The summed E-state index contributed by atoms with van der Waals surface area (Å²) in [5.74, 6) is -4.84. The number of thiazole rings is 1. The number of amides is 1. The van der Waals surface area contributed by atoms with Gasteiger partial charge in [-0.15, -0.1) is 11.3 Å². The number of nitrogens with zero attached hydrogens (tertiary/aromatic N) is 2. The number of halogens is 3. The van der Waals surface area contributed by atoms with E-state index in [1.807, 2.05) is 11.5 Å². The van der Waals surface area contributed by atoms with Crippen molar-refractivity contribution in [1.82, 2.24) is 4.57 Å². The van der Waals surface area contributed by atoms with Crippen molar-refractivity contribution in [1.29, 1.82) is 0 Å². The highest BCUT2D eigenvalue weighted by Crippen LogP contribution is 2.33.